The third-order valence-electron chi connectivity index (χ3n) is 5.88. The number of benzene rings is 2. The van der Waals surface area contributed by atoms with E-state index >= 15 is 0 Å². The number of nitrogens with zero attached hydrogens (tertiary/aromatic N) is 3. The fourth-order valence-electron chi connectivity index (χ4n) is 4.18. The monoisotopic (exact) mass is 494 g/mol. The van der Waals surface area contributed by atoms with Crippen LogP contribution in [0, 0.1) is 6.92 Å². The summed E-state index contributed by atoms with van der Waals surface area (Å²) < 4.78 is 17.8. The summed E-state index contributed by atoms with van der Waals surface area (Å²) in [7, 11) is 0. The smallest absolute Gasteiger partial charge is 0.308 e. The lowest BCUT2D eigenvalue weighted by Crippen LogP contribution is -2.11. The number of carbonyl (C=O) groups is 1. The fraction of sp³-hybridized carbons (Fsp3) is 0.172. The SMILES string of the molecule is CC(=O)Oc1c[nH]nc1-c1ccccc1C(OCCc1nc(-c2ccccc2)oc1C)c1cccnc1. The predicted molar refractivity (Wildman–Crippen MR) is 138 cm³/mol. The van der Waals surface area contributed by atoms with Crippen molar-refractivity contribution in [2.75, 3.05) is 6.61 Å². The number of esters is 1. The molecular weight excluding hydrogens is 468 g/mol. The molecule has 3 heterocycles. The molecule has 1 unspecified atom stereocenters. The molecule has 0 saturated carbocycles. The van der Waals surface area contributed by atoms with Crippen LogP contribution in [-0.4, -0.2) is 32.7 Å². The Balaban J connectivity index is 1.42. The Hall–Kier alpha value is -4.56. The molecule has 0 aliphatic carbocycles. The highest BCUT2D eigenvalue weighted by atomic mass is 16.5. The molecule has 1 atom stereocenters. The van der Waals surface area contributed by atoms with Crippen molar-refractivity contribution in [3.63, 3.8) is 0 Å². The first-order chi connectivity index (χ1) is 18.1. The number of hydrogen-bond acceptors (Lipinski definition) is 7. The number of ether oxygens (including phenoxy) is 2. The molecule has 0 amide bonds. The molecule has 186 valence electrons. The first-order valence-corrected chi connectivity index (χ1v) is 11.9. The lowest BCUT2D eigenvalue weighted by atomic mass is 9.95. The summed E-state index contributed by atoms with van der Waals surface area (Å²) in [5.41, 5.74) is 4.87. The van der Waals surface area contributed by atoms with E-state index in [-0.39, 0.29) is 0 Å². The Morgan fingerprint density at radius 2 is 1.86 bits per heavy atom. The molecule has 0 spiro atoms. The summed E-state index contributed by atoms with van der Waals surface area (Å²) in [6.45, 7) is 3.67. The topological polar surface area (TPSA) is 103 Å². The Morgan fingerprint density at radius 1 is 1.05 bits per heavy atom. The number of H-pyrrole nitrogens is 1. The summed E-state index contributed by atoms with van der Waals surface area (Å²) in [4.78, 5) is 20.6. The number of hydrogen-bond donors (Lipinski definition) is 1. The van der Waals surface area contributed by atoms with Crippen LogP contribution in [0.25, 0.3) is 22.7 Å². The van der Waals surface area contributed by atoms with Gasteiger partial charge in [0.1, 0.15) is 17.6 Å². The van der Waals surface area contributed by atoms with E-state index in [4.69, 9.17) is 18.9 Å². The number of rotatable bonds is 9. The van der Waals surface area contributed by atoms with Gasteiger partial charge in [0.25, 0.3) is 0 Å². The first-order valence-electron chi connectivity index (χ1n) is 11.9. The van der Waals surface area contributed by atoms with Crippen LogP contribution in [0.3, 0.4) is 0 Å². The zero-order valence-electron chi connectivity index (χ0n) is 20.5. The maximum absolute atomic E-state index is 11.6. The Kier molecular flexibility index (Phi) is 7.19. The standard InChI is InChI=1S/C29H26N4O4/c1-19-25(32-29(36-19)21-9-4-3-5-10-21)14-16-35-28(22-11-8-15-30-17-22)24-13-7-6-12-23(24)27-26(18-31-33-27)37-20(2)34/h3-13,15,17-18,28H,14,16H2,1-2H3,(H,31,33). The van der Waals surface area contributed by atoms with Gasteiger partial charge in [-0.15, -0.1) is 0 Å². The van der Waals surface area contributed by atoms with Gasteiger partial charge in [-0.3, -0.25) is 14.9 Å². The van der Waals surface area contributed by atoms with Crippen molar-refractivity contribution in [2.45, 2.75) is 26.4 Å². The maximum Gasteiger partial charge on any atom is 0.308 e. The van der Waals surface area contributed by atoms with Crippen molar-refractivity contribution in [2.24, 2.45) is 0 Å². The van der Waals surface area contributed by atoms with E-state index in [1.165, 1.54) is 6.92 Å². The number of carbonyl (C=O) groups excluding carboxylic acids is 1. The third kappa shape index (κ3) is 5.49. The lowest BCUT2D eigenvalue weighted by Gasteiger charge is -2.21. The van der Waals surface area contributed by atoms with Crippen LogP contribution < -0.4 is 4.74 Å². The molecule has 37 heavy (non-hydrogen) atoms. The Bertz CT molecular complexity index is 1480. The number of aromatic nitrogens is 4. The van der Waals surface area contributed by atoms with Gasteiger partial charge in [0.15, 0.2) is 5.75 Å². The van der Waals surface area contributed by atoms with E-state index in [2.05, 4.69) is 15.2 Å². The van der Waals surface area contributed by atoms with Crippen LogP contribution in [0.2, 0.25) is 0 Å². The highest BCUT2D eigenvalue weighted by molar-refractivity contribution is 5.76. The molecule has 8 heteroatoms. The summed E-state index contributed by atoms with van der Waals surface area (Å²) in [5.74, 6) is 1.30. The van der Waals surface area contributed by atoms with E-state index in [9.17, 15) is 4.79 Å². The largest absolute Gasteiger partial charge is 0.441 e. The average molecular weight is 495 g/mol. The van der Waals surface area contributed by atoms with Crippen LogP contribution >= 0.6 is 0 Å². The van der Waals surface area contributed by atoms with E-state index in [1.54, 1.807) is 18.6 Å². The van der Waals surface area contributed by atoms with Crippen LogP contribution in [0.4, 0.5) is 0 Å². The number of nitrogens with one attached hydrogen (secondary N) is 1. The molecule has 5 aromatic rings. The molecule has 1 N–H and O–H groups in total. The minimum Gasteiger partial charge on any atom is -0.441 e. The van der Waals surface area contributed by atoms with Crippen molar-refractivity contribution in [3.05, 3.63) is 108 Å². The van der Waals surface area contributed by atoms with Crippen molar-refractivity contribution >= 4 is 5.97 Å². The number of oxazole rings is 1. The van der Waals surface area contributed by atoms with Crippen LogP contribution in [-0.2, 0) is 16.0 Å². The van der Waals surface area contributed by atoms with Crippen LogP contribution in [0.1, 0.15) is 35.6 Å². The van der Waals surface area contributed by atoms with E-state index in [0.29, 0.717) is 30.4 Å². The zero-order valence-corrected chi connectivity index (χ0v) is 20.5. The van der Waals surface area contributed by atoms with Crippen molar-refractivity contribution < 1.29 is 18.7 Å². The van der Waals surface area contributed by atoms with Crippen LogP contribution in [0.5, 0.6) is 5.75 Å². The zero-order chi connectivity index (χ0) is 25.6. The van der Waals surface area contributed by atoms with Crippen molar-refractivity contribution in [1.82, 2.24) is 20.2 Å². The van der Waals surface area contributed by atoms with Gasteiger partial charge in [-0.1, -0.05) is 48.5 Å². The summed E-state index contributed by atoms with van der Waals surface area (Å²) in [6.07, 6.45) is 5.21. The summed E-state index contributed by atoms with van der Waals surface area (Å²) >= 11 is 0. The second-order valence-corrected chi connectivity index (χ2v) is 8.45. The molecule has 0 saturated heterocycles. The molecular formula is C29H26N4O4. The van der Waals surface area contributed by atoms with E-state index in [0.717, 1.165) is 33.7 Å². The predicted octanol–water partition coefficient (Wildman–Crippen LogP) is 5.71. The van der Waals surface area contributed by atoms with E-state index in [1.807, 2.05) is 73.7 Å². The van der Waals surface area contributed by atoms with Gasteiger partial charge in [-0.2, -0.15) is 5.10 Å². The average Bonchev–Trinajstić information content (AvgIpc) is 3.53. The first kappa shape index (κ1) is 24.1. The maximum atomic E-state index is 11.6. The minimum atomic E-state index is -0.437. The van der Waals surface area contributed by atoms with Gasteiger partial charge in [0.05, 0.1) is 18.5 Å². The Labute approximate surface area is 214 Å². The highest BCUT2D eigenvalue weighted by Gasteiger charge is 2.23. The minimum absolute atomic E-state index is 0.358. The molecule has 0 radical (unpaired) electrons. The molecule has 0 bridgehead atoms. The molecule has 3 aromatic heterocycles. The lowest BCUT2D eigenvalue weighted by molar-refractivity contribution is -0.131. The van der Waals surface area contributed by atoms with Gasteiger partial charge in [0, 0.05) is 42.4 Å². The van der Waals surface area contributed by atoms with Crippen molar-refractivity contribution in [1.29, 1.82) is 0 Å². The fourth-order valence-corrected chi connectivity index (χ4v) is 4.18. The number of aromatic amines is 1. The molecule has 8 nitrogen and oxygen atoms in total. The third-order valence-corrected chi connectivity index (χ3v) is 5.88. The quantitative estimate of drug-likeness (QED) is 0.262. The molecule has 0 aliphatic heterocycles. The van der Waals surface area contributed by atoms with Gasteiger partial charge < -0.3 is 13.9 Å². The van der Waals surface area contributed by atoms with Crippen molar-refractivity contribution in [3.8, 4) is 28.5 Å². The highest BCUT2D eigenvalue weighted by Crippen LogP contribution is 2.37. The number of pyridine rings is 1. The normalized spacial score (nSPS) is 11.8. The van der Waals surface area contributed by atoms with Gasteiger partial charge in [-0.25, -0.2) is 4.98 Å². The summed E-state index contributed by atoms with van der Waals surface area (Å²) in [5, 5.41) is 7.15. The number of aryl methyl sites for hydroxylation is 1. The van der Waals surface area contributed by atoms with Gasteiger partial charge in [0.2, 0.25) is 5.89 Å². The Morgan fingerprint density at radius 3 is 2.65 bits per heavy atom. The van der Waals surface area contributed by atoms with Gasteiger partial charge in [-0.05, 0) is 30.7 Å². The van der Waals surface area contributed by atoms with E-state index < -0.39 is 12.1 Å². The molecule has 5 rings (SSSR count). The second kappa shape index (κ2) is 11.0. The molecule has 2 aromatic carbocycles. The second-order valence-electron chi connectivity index (χ2n) is 8.45. The van der Waals surface area contributed by atoms with Gasteiger partial charge >= 0.3 is 5.97 Å². The van der Waals surface area contributed by atoms with Crippen LogP contribution in [0.15, 0.2) is 89.7 Å². The molecule has 0 fully saturated rings. The summed E-state index contributed by atoms with van der Waals surface area (Å²) in [6, 6.07) is 21.4. The molecule has 0 aliphatic rings.